The molecule has 94 valence electrons. The molecule has 1 aromatic carbocycles. The highest BCUT2D eigenvalue weighted by molar-refractivity contribution is 5.30. The van der Waals surface area contributed by atoms with Gasteiger partial charge in [-0.3, -0.25) is 0 Å². The third-order valence-electron chi connectivity index (χ3n) is 4.37. The molecule has 0 amide bonds. The van der Waals surface area contributed by atoms with Crippen molar-refractivity contribution in [2.75, 3.05) is 0 Å². The van der Waals surface area contributed by atoms with Crippen LogP contribution in [0.15, 0.2) is 18.2 Å². The van der Waals surface area contributed by atoms with Crippen LogP contribution < -0.4 is 0 Å². The molecule has 1 heteroatoms. The number of benzene rings is 1. The Kier molecular flexibility index (Phi) is 3.58. The van der Waals surface area contributed by atoms with Crippen molar-refractivity contribution in [1.29, 1.82) is 0 Å². The quantitative estimate of drug-likeness (QED) is 0.840. The highest BCUT2D eigenvalue weighted by atomic mass is 16.3. The molecule has 1 aliphatic rings. The van der Waals surface area contributed by atoms with E-state index in [0.717, 1.165) is 25.2 Å². The summed E-state index contributed by atoms with van der Waals surface area (Å²) in [6.45, 7) is 6.51. The molecule has 1 saturated carbocycles. The summed E-state index contributed by atoms with van der Waals surface area (Å²) in [5, 5.41) is 10.6. The summed E-state index contributed by atoms with van der Waals surface area (Å²) in [5.41, 5.74) is 3.50. The van der Waals surface area contributed by atoms with Gasteiger partial charge in [0.2, 0.25) is 0 Å². The van der Waals surface area contributed by atoms with Crippen molar-refractivity contribution in [3.05, 3.63) is 34.9 Å². The SMILES string of the molecule is CCC1CCC(O)(Cc2ccc(C)c(C)c2)C1. The minimum atomic E-state index is -0.442. The number of hydrogen-bond acceptors (Lipinski definition) is 1. The second-order valence-electron chi connectivity index (χ2n) is 5.84. The van der Waals surface area contributed by atoms with Gasteiger partial charge in [-0.1, -0.05) is 31.5 Å². The van der Waals surface area contributed by atoms with Crippen LogP contribution in [0.25, 0.3) is 0 Å². The maximum atomic E-state index is 10.6. The molecule has 2 rings (SSSR count). The molecule has 1 fully saturated rings. The summed E-state index contributed by atoms with van der Waals surface area (Å²) >= 11 is 0. The van der Waals surface area contributed by atoms with E-state index in [4.69, 9.17) is 0 Å². The molecule has 0 aliphatic heterocycles. The molecule has 1 aromatic rings. The lowest BCUT2D eigenvalue weighted by molar-refractivity contribution is 0.0436. The van der Waals surface area contributed by atoms with Crippen molar-refractivity contribution < 1.29 is 5.11 Å². The van der Waals surface area contributed by atoms with Crippen molar-refractivity contribution in [3.63, 3.8) is 0 Å². The van der Waals surface area contributed by atoms with Crippen LogP contribution in [0.2, 0.25) is 0 Å². The summed E-state index contributed by atoms with van der Waals surface area (Å²) in [5.74, 6) is 0.728. The van der Waals surface area contributed by atoms with Gasteiger partial charge in [0, 0.05) is 6.42 Å². The molecular formula is C16H24O. The Morgan fingerprint density at radius 1 is 1.29 bits per heavy atom. The fraction of sp³-hybridized carbons (Fsp3) is 0.625. The zero-order valence-corrected chi connectivity index (χ0v) is 11.3. The molecular weight excluding hydrogens is 208 g/mol. The van der Waals surface area contributed by atoms with Gasteiger partial charge < -0.3 is 5.11 Å². The van der Waals surface area contributed by atoms with E-state index in [1.165, 1.54) is 29.5 Å². The minimum Gasteiger partial charge on any atom is -0.390 e. The van der Waals surface area contributed by atoms with Gasteiger partial charge in [-0.05, 0) is 55.7 Å². The third-order valence-corrected chi connectivity index (χ3v) is 4.37. The smallest absolute Gasteiger partial charge is 0.0690 e. The highest BCUT2D eigenvalue weighted by Gasteiger charge is 2.36. The maximum Gasteiger partial charge on any atom is 0.0690 e. The first-order chi connectivity index (χ1) is 8.02. The zero-order chi connectivity index (χ0) is 12.5. The first kappa shape index (κ1) is 12.6. The lowest BCUT2D eigenvalue weighted by atomic mass is 9.90. The molecule has 0 saturated heterocycles. The van der Waals surface area contributed by atoms with Crippen molar-refractivity contribution in [2.45, 2.75) is 58.5 Å². The van der Waals surface area contributed by atoms with E-state index < -0.39 is 5.60 Å². The molecule has 1 N–H and O–H groups in total. The van der Waals surface area contributed by atoms with Crippen LogP contribution in [0.5, 0.6) is 0 Å². The minimum absolute atomic E-state index is 0.442. The molecule has 17 heavy (non-hydrogen) atoms. The normalized spacial score (nSPS) is 28.6. The van der Waals surface area contributed by atoms with Crippen molar-refractivity contribution in [2.24, 2.45) is 5.92 Å². The molecule has 0 aromatic heterocycles. The van der Waals surface area contributed by atoms with Crippen LogP contribution >= 0.6 is 0 Å². The summed E-state index contributed by atoms with van der Waals surface area (Å²) in [6.07, 6.45) is 5.17. The van der Waals surface area contributed by atoms with Crippen LogP contribution in [0.3, 0.4) is 0 Å². The van der Waals surface area contributed by atoms with Gasteiger partial charge >= 0.3 is 0 Å². The fourth-order valence-electron chi connectivity index (χ4n) is 3.02. The highest BCUT2D eigenvalue weighted by Crippen LogP contribution is 2.38. The van der Waals surface area contributed by atoms with E-state index in [0.29, 0.717) is 0 Å². The van der Waals surface area contributed by atoms with Crippen LogP contribution in [-0.2, 0) is 6.42 Å². The maximum absolute atomic E-state index is 10.6. The Hall–Kier alpha value is -0.820. The van der Waals surface area contributed by atoms with Crippen LogP contribution in [0, 0.1) is 19.8 Å². The standard InChI is InChI=1S/C16H24O/c1-4-14-7-8-16(17,10-14)11-15-6-5-12(2)13(3)9-15/h5-6,9,14,17H,4,7-8,10-11H2,1-3H3. The molecule has 1 nitrogen and oxygen atoms in total. The van der Waals surface area contributed by atoms with Crippen LogP contribution in [-0.4, -0.2) is 10.7 Å². The van der Waals surface area contributed by atoms with Gasteiger partial charge in [-0.25, -0.2) is 0 Å². The second kappa shape index (κ2) is 4.81. The summed E-state index contributed by atoms with van der Waals surface area (Å²) < 4.78 is 0. The van der Waals surface area contributed by atoms with Crippen molar-refractivity contribution >= 4 is 0 Å². The molecule has 0 bridgehead atoms. The third kappa shape index (κ3) is 2.90. The van der Waals surface area contributed by atoms with E-state index in [2.05, 4.69) is 39.0 Å². The zero-order valence-electron chi connectivity index (χ0n) is 11.3. The van der Waals surface area contributed by atoms with E-state index in [1.54, 1.807) is 0 Å². The number of hydrogen-bond donors (Lipinski definition) is 1. The van der Waals surface area contributed by atoms with Crippen molar-refractivity contribution in [1.82, 2.24) is 0 Å². The molecule has 0 radical (unpaired) electrons. The fourth-order valence-corrected chi connectivity index (χ4v) is 3.02. The lowest BCUT2D eigenvalue weighted by Crippen LogP contribution is -2.27. The average Bonchev–Trinajstić information content (AvgIpc) is 2.66. The topological polar surface area (TPSA) is 20.2 Å². The predicted molar refractivity (Wildman–Crippen MR) is 72.2 cm³/mol. The molecule has 1 aliphatic carbocycles. The summed E-state index contributed by atoms with van der Waals surface area (Å²) in [6, 6.07) is 6.56. The molecule has 2 unspecified atom stereocenters. The first-order valence-electron chi connectivity index (χ1n) is 6.81. The lowest BCUT2D eigenvalue weighted by Gasteiger charge is -2.23. The van der Waals surface area contributed by atoms with E-state index >= 15 is 0 Å². The number of aryl methyl sites for hydroxylation is 2. The Balaban J connectivity index is 2.08. The van der Waals surface area contributed by atoms with Gasteiger partial charge in [0.15, 0.2) is 0 Å². The molecule has 2 atom stereocenters. The number of rotatable bonds is 3. The monoisotopic (exact) mass is 232 g/mol. The largest absolute Gasteiger partial charge is 0.390 e. The van der Waals surface area contributed by atoms with Gasteiger partial charge in [-0.2, -0.15) is 0 Å². The van der Waals surface area contributed by atoms with Gasteiger partial charge in [0.1, 0.15) is 0 Å². The average molecular weight is 232 g/mol. The van der Waals surface area contributed by atoms with Gasteiger partial charge in [0.05, 0.1) is 5.60 Å². The predicted octanol–water partition coefficient (Wildman–Crippen LogP) is 3.79. The second-order valence-corrected chi connectivity index (χ2v) is 5.84. The Morgan fingerprint density at radius 3 is 2.65 bits per heavy atom. The Labute approximate surface area is 105 Å². The first-order valence-corrected chi connectivity index (χ1v) is 6.81. The van der Waals surface area contributed by atoms with E-state index in [9.17, 15) is 5.11 Å². The number of aliphatic hydroxyl groups is 1. The van der Waals surface area contributed by atoms with Gasteiger partial charge in [0.25, 0.3) is 0 Å². The van der Waals surface area contributed by atoms with E-state index in [-0.39, 0.29) is 0 Å². The molecule has 0 heterocycles. The summed E-state index contributed by atoms with van der Waals surface area (Å²) in [7, 11) is 0. The van der Waals surface area contributed by atoms with Gasteiger partial charge in [-0.15, -0.1) is 0 Å². The Bertz CT molecular complexity index is 397. The van der Waals surface area contributed by atoms with E-state index in [1.807, 2.05) is 0 Å². The summed E-state index contributed by atoms with van der Waals surface area (Å²) in [4.78, 5) is 0. The molecule has 0 spiro atoms. The van der Waals surface area contributed by atoms with Crippen LogP contribution in [0.1, 0.15) is 49.3 Å². The van der Waals surface area contributed by atoms with Crippen LogP contribution in [0.4, 0.5) is 0 Å². The Morgan fingerprint density at radius 2 is 2.06 bits per heavy atom. The van der Waals surface area contributed by atoms with Crippen molar-refractivity contribution in [3.8, 4) is 0 Å².